The molecule has 2 rings (SSSR count). The first kappa shape index (κ1) is 14.6. The third kappa shape index (κ3) is 3.02. The summed E-state index contributed by atoms with van der Waals surface area (Å²) in [5, 5.41) is 0. The van der Waals surface area contributed by atoms with Crippen molar-refractivity contribution in [1.82, 2.24) is 0 Å². The molecule has 0 saturated carbocycles. The number of hydrogen-bond acceptors (Lipinski definition) is 2. The molecule has 4 N–H and O–H groups in total. The van der Waals surface area contributed by atoms with Crippen LogP contribution in [0.3, 0.4) is 0 Å². The minimum Gasteiger partial charge on any atom is -0.399 e. The Hall–Kier alpha value is -1.80. The van der Waals surface area contributed by atoms with Crippen LogP contribution in [0.1, 0.15) is 49.1 Å². The molecule has 1 atom stereocenters. The third-order valence-electron chi connectivity index (χ3n) is 3.77. The van der Waals surface area contributed by atoms with E-state index in [2.05, 4.69) is 45.9 Å². The Morgan fingerprint density at radius 3 is 2.05 bits per heavy atom. The average molecular weight is 268 g/mol. The Bertz CT molecular complexity index is 592. The Kier molecular flexibility index (Phi) is 3.87. The van der Waals surface area contributed by atoms with Gasteiger partial charge in [0.15, 0.2) is 0 Å². The second kappa shape index (κ2) is 5.29. The summed E-state index contributed by atoms with van der Waals surface area (Å²) in [7, 11) is 0. The molecule has 106 valence electrons. The van der Waals surface area contributed by atoms with Gasteiger partial charge in [-0.05, 0) is 46.7 Å². The van der Waals surface area contributed by atoms with Crippen molar-refractivity contribution in [2.75, 3.05) is 5.73 Å². The standard InChI is InChI=1S/C18H24N2/c1-12-11-14(18(2,3)4)7-10-16(12)17(20)13-5-8-15(19)9-6-13/h5-11,17H,19-20H2,1-4H3. The van der Waals surface area contributed by atoms with E-state index < -0.39 is 0 Å². The molecule has 0 heterocycles. The highest BCUT2D eigenvalue weighted by Crippen LogP contribution is 2.28. The SMILES string of the molecule is Cc1cc(C(C)(C)C)ccc1C(N)c1ccc(N)cc1. The van der Waals surface area contributed by atoms with Gasteiger partial charge >= 0.3 is 0 Å². The summed E-state index contributed by atoms with van der Waals surface area (Å²) >= 11 is 0. The molecule has 0 bridgehead atoms. The molecule has 0 aromatic heterocycles. The van der Waals surface area contributed by atoms with Gasteiger partial charge in [-0.25, -0.2) is 0 Å². The molecule has 1 unspecified atom stereocenters. The quantitative estimate of drug-likeness (QED) is 0.811. The number of rotatable bonds is 2. The van der Waals surface area contributed by atoms with Gasteiger partial charge in [-0.3, -0.25) is 0 Å². The lowest BCUT2D eigenvalue weighted by Gasteiger charge is -2.22. The van der Waals surface area contributed by atoms with E-state index in [9.17, 15) is 0 Å². The van der Waals surface area contributed by atoms with Gasteiger partial charge in [0.1, 0.15) is 0 Å². The zero-order chi connectivity index (χ0) is 14.9. The van der Waals surface area contributed by atoms with Crippen LogP contribution >= 0.6 is 0 Å². The van der Waals surface area contributed by atoms with Gasteiger partial charge in [-0.2, -0.15) is 0 Å². The molecule has 0 aliphatic rings. The molecule has 0 amide bonds. The van der Waals surface area contributed by atoms with Gasteiger partial charge in [0.25, 0.3) is 0 Å². The number of nitrogens with two attached hydrogens (primary N) is 2. The van der Waals surface area contributed by atoms with Gasteiger partial charge in [-0.15, -0.1) is 0 Å². The largest absolute Gasteiger partial charge is 0.399 e. The minimum absolute atomic E-state index is 0.107. The zero-order valence-corrected chi connectivity index (χ0v) is 12.8. The van der Waals surface area contributed by atoms with Crippen LogP contribution in [0.4, 0.5) is 5.69 Å². The maximum absolute atomic E-state index is 6.39. The van der Waals surface area contributed by atoms with E-state index in [0.717, 1.165) is 11.3 Å². The Balaban J connectivity index is 2.36. The lowest BCUT2D eigenvalue weighted by Crippen LogP contribution is -2.16. The van der Waals surface area contributed by atoms with Gasteiger partial charge in [0.05, 0.1) is 6.04 Å². The van der Waals surface area contributed by atoms with E-state index in [1.54, 1.807) is 0 Å². The van der Waals surface area contributed by atoms with E-state index in [4.69, 9.17) is 11.5 Å². The summed E-state index contributed by atoms with van der Waals surface area (Å²) in [5.74, 6) is 0. The van der Waals surface area contributed by atoms with Crippen LogP contribution in [0.2, 0.25) is 0 Å². The molecule has 0 radical (unpaired) electrons. The fourth-order valence-corrected chi connectivity index (χ4v) is 2.37. The van der Waals surface area contributed by atoms with Crippen molar-refractivity contribution in [3.05, 3.63) is 64.7 Å². The van der Waals surface area contributed by atoms with Gasteiger partial charge in [-0.1, -0.05) is 51.1 Å². The highest BCUT2D eigenvalue weighted by Gasteiger charge is 2.17. The van der Waals surface area contributed by atoms with Crippen LogP contribution in [0.25, 0.3) is 0 Å². The van der Waals surface area contributed by atoms with E-state index in [-0.39, 0.29) is 11.5 Å². The van der Waals surface area contributed by atoms with Crippen molar-refractivity contribution >= 4 is 5.69 Å². The number of nitrogen functional groups attached to an aromatic ring is 1. The second-order valence-electron chi connectivity index (χ2n) is 6.47. The third-order valence-corrected chi connectivity index (χ3v) is 3.77. The maximum atomic E-state index is 6.39. The number of aryl methyl sites for hydroxylation is 1. The minimum atomic E-state index is -0.107. The fourth-order valence-electron chi connectivity index (χ4n) is 2.37. The van der Waals surface area contributed by atoms with E-state index in [0.29, 0.717) is 0 Å². The topological polar surface area (TPSA) is 52.0 Å². The van der Waals surface area contributed by atoms with Crippen molar-refractivity contribution in [2.45, 2.75) is 39.2 Å². The van der Waals surface area contributed by atoms with Crippen LogP contribution in [0.5, 0.6) is 0 Å². The lowest BCUT2D eigenvalue weighted by atomic mass is 9.84. The number of hydrogen-bond donors (Lipinski definition) is 2. The van der Waals surface area contributed by atoms with Gasteiger partial charge in [0.2, 0.25) is 0 Å². The monoisotopic (exact) mass is 268 g/mol. The molecule has 0 saturated heterocycles. The smallest absolute Gasteiger partial charge is 0.0554 e. The van der Waals surface area contributed by atoms with Crippen molar-refractivity contribution in [2.24, 2.45) is 5.73 Å². The van der Waals surface area contributed by atoms with E-state index in [1.807, 2.05) is 24.3 Å². The van der Waals surface area contributed by atoms with Crippen LogP contribution in [-0.2, 0) is 5.41 Å². The summed E-state index contributed by atoms with van der Waals surface area (Å²) in [4.78, 5) is 0. The van der Waals surface area contributed by atoms with Crippen LogP contribution in [0, 0.1) is 6.92 Å². The Morgan fingerprint density at radius 2 is 1.55 bits per heavy atom. The molecular weight excluding hydrogens is 244 g/mol. The van der Waals surface area contributed by atoms with E-state index >= 15 is 0 Å². The molecular formula is C18H24N2. The molecule has 2 aromatic rings. The van der Waals surface area contributed by atoms with E-state index in [1.165, 1.54) is 16.7 Å². The van der Waals surface area contributed by atoms with Crippen molar-refractivity contribution in [3.8, 4) is 0 Å². The average Bonchev–Trinajstić information content (AvgIpc) is 2.37. The first-order valence-corrected chi connectivity index (χ1v) is 7.01. The first-order valence-electron chi connectivity index (χ1n) is 7.01. The summed E-state index contributed by atoms with van der Waals surface area (Å²) < 4.78 is 0. The van der Waals surface area contributed by atoms with Crippen LogP contribution in [0.15, 0.2) is 42.5 Å². The summed E-state index contributed by atoms with van der Waals surface area (Å²) in [6, 6.07) is 14.3. The highest BCUT2D eigenvalue weighted by atomic mass is 14.6. The molecule has 20 heavy (non-hydrogen) atoms. The molecule has 0 aliphatic heterocycles. The maximum Gasteiger partial charge on any atom is 0.0554 e. The summed E-state index contributed by atoms with van der Waals surface area (Å²) in [5.41, 5.74) is 17.9. The molecule has 2 nitrogen and oxygen atoms in total. The number of benzene rings is 2. The fraction of sp³-hybridized carbons (Fsp3) is 0.333. The van der Waals surface area contributed by atoms with Crippen LogP contribution in [-0.4, -0.2) is 0 Å². The molecule has 0 spiro atoms. The predicted octanol–water partition coefficient (Wildman–Crippen LogP) is 3.92. The zero-order valence-electron chi connectivity index (χ0n) is 12.8. The van der Waals surface area contributed by atoms with Gasteiger partial charge < -0.3 is 11.5 Å². The van der Waals surface area contributed by atoms with Crippen molar-refractivity contribution < 1.29 is 0 Å². The molecule has 0 fully saturated rings. The van der Waals surface area contributed by atoms with Crippen molar-refractivity contribution in [3.63, 3.8) is 0 Å². The molecule has 2 aromatic carbocycles. The normalized spacial score (nSPS) is 13.2. The van der Waals surface area contributed by atoms with Gasteiger partial charge in [0, 0.05) is 5.69 Å². The summed E-state index contributed by atoms with van der Waals surface area (Å²) in [6.07, 6.45) is 0. The molecule has 0 aliphatic carbocycles. The molecule has 2 heteroatoms. The second-order valence-corrected chi connectivity index (χ2v) is 6.47. The summed E-state index contributed by atoms with van der Waals surface area (Å²) in [6.45, 7) is 8.80. The first-order chi connectivity index (χ1) is 9.29. The Labute approximate surface area is 121 Å². The predicted molar refractivity (Wildman–Crippen MR) is 86.8 cm³/mol. The number of anilines is 1. The highest BCUT2D eigenvalue weighted by molar-refractivity contribution is 5.44. The Morgan fingerprint density at radius 1 is 0.950 bits per heavy atom. The lowest BCUT2D eigenvalue weighted by molar-refractivity contribution is 0.589. The van der Waals surface area contributed by atoms with Crippen LogP contribution < -0.4 is 11.5 Å². The van der Waals surface area contributed by atoms with Crippen molar-refractivity contribution in [1.29, 1.82) is 0 Å².